The Labute approximate surface area is 197 Å². The van der Waals surface area contributed by atoms with Crippen molar-refractivity contribution < 1.29 is 4.79 Å². The lowest BCUT2D eigenvalue weighted by Gasteiger charge is -2.15. The molecule has 0 aliphatic carbocycles. The molecule has 0 fully saturated rings. The zero-order valence-electron chi connectivity index (χ0n) is 17.4. The molecule has 0 unspecified atom stereocenters. The zero-order chi connectivity index (χ0) is 22.9. The number of anilines is 4. The molecule has 2 aromatic carbocycles. The molecule has 33 heavy (non-hydrogen) atoms. The van der Waals surface area contributed by atoms with E-state index in [1.807, 2.05) is 37.3 Å². The summed E-state index contributed by atoms with van der Waals surface area (Å²) in [6.45, 7) is 1.94. The van der Waals surface area contributed by atoms with E-state index in [2.05, 4.69) is 31.1 Å². The van der Waals surface area contributed by atoms with Crippen molar-refractivity contribution >= 4 is 72.8 Å². The average molecular weight is 476 g/mol. The average Bonchev–Trinajstić information content (AvgIpc) is 3.26. The van der Waals surface area contributed by atoms with E-state index in [4.69, 9.17) is 17.3 Å². The summed E-state index contributed by atoms with van der Waals surface area (Å²) in [6, 6.07) is 13.1. The predicted molar refractivity (Wildman–Crippen MR) is 135 cm³/mol. The van der Waals surface area contributed by atoms with Gasteiger partial charge in [-0.1, -0.05) is 23.7 Å². The number of halogens is 1. The number of carbonyl (C=O) groups excluding carboxylic acids is 1. The Kier molecular flexibility index (Phi) is 5.41. The fourth-order valence-electron chi connectivity index (χ4n) is 3.51. The van der Waals surface area contributed by atoms with E-state index in [0.29, 0.717) is 38.1 Å². The lowest BCUT2D eigenvalue weighted by molar-refractivity contribution is 0.102. The number of aryl methyl sites for hydroxylation is 1. The van der Waals surface area contributed by atoms with Gasteiger partial charge < -0.3 is 11.1 Å². The summed E-state index contributed by atoms with van der Waals surface area (Å²) in [7, 11) is 0. The molecule has 0 aliphatic heterocycles. The number of nitrogen functional groups attached to an aromatic ring is 1. The van der Waals surface area contributed by atoms with Gasteiger partial charge in [0, 0.05) is 27.4 Å². The van der Waals surface area contributed by atoms with Gasteiger partial charge in [0.2, 0.25) is 0 Å². The molecule has 10 heteroatoms. The van der Waals surface area contributed by atoms with Gasteiger partial charge in [-0.15, -0.1) is 11.3 Å². The number of rotatable bonds is 5. The van der Waals surface area contributed by atoms with Crippen molar-refractivity contribution in [3.05, 3.63) is 76.5 Å². The van der Waals surface area contributed by atoms with Crippen LogP contribution in [-0.4, -0.2) is 20.9 Å². The number of thiophene rings is 1. The second kappa shape index (κ2) is 8.53. The molecular weight excluding hydrogens is 458 g/mol. The molecule has 0 radical (unpaired) electrons. The number of amides is 1. The maximum atomic E-state index is 13.2. The molecule has 5 rings (SSSR count). The van der Waals surface area contributed by atoms with E-state index >= 15 is 0 Å². The van der Waals surface area contributed by atoms with Crippen molar-refractivity contribution in [1.82, 2.24) is 15.0 Å². The van der Waals surface area contributed by atoms with Gasteiger partial charge in [-0.3, -0.25) is 15.6 Å². The summed E-state index contributed by atoms with van der Waals surface area (Å²) in [5, 5.41) is 7.16. The number of carbonyl (C=O) groups is 1. The fourth-order valence-corrected chi connectivity index (χ4v) is 4.53. The monoisotopic (exact) mass is 475 g/mol. The molecular formula is C23H18ClN7OS. The first-order valence-corrected chi connectivity index (χ1v) is 11.2. The second-order valence-corrected chi connectivity index (χ2v) is 8.63. The summed E-state index contributed by atoms with van der Waals surface area (Å²) < 4.78 is 0.696. The standard InChI is InChI=1S/C23H18ClN7OS/c1-12-2-7-16-15(8-9-26-22(16)31-30-14-5-3-13(24)4-6-14)18(12)29-23(32)17-10-33-20-19(17)27-11-28-21(20)25/h2-11,30H,1H3,(H,26,31)(H,29,32)(H2,25,27,28). The fraction of sp³-hybridized carbons (Fsp3) is 0.0435. The largest absolute Gasteiger partial charge is 0.382 e. The quantitative estimate of drug-likeness (QED) is 0.249. The van der Waals surface area contributed by atoms with Gasteiger partial charge in [0.25, 0.3) is 5.91 Å². The van der Waals surface area contributed by atoms with Crippen LogP contribution in [0.25, 0.3) is 21.0 Å². The van der Waals surface area contributed by atoms with Crippen molar-refractivity contribution in [3.8, 4) is 0 Å². The maximum absolute atomic E-state index is 13.2. The smallest absolute Gasteiger partial charge is 0.258 e. The van der Waals surface area contributed by atoms with E-state index in [-0.39, 0.29) is 5.91 Å². The number of nitrogens with one attached hydrogen (secondary N) is 3. The first-order valence-electron chi connectivity index (χ1n) is 9.96. The van der Waals surface area contributed by atoms with Crippen LogP contribution in [0.1, 0.15) is 15.9 Å². The van der Waals surface area contributed by atoms with Crippen molar-refractivity contribution in [3.63, 3.8) is 0 Å². The van der Waals surface area contributed by atoms with Gasteiger partial charge in [-0.05, 0) is 42.8 Å². The number of fused-ring (bicyclic) bond motifs is 2. The normalized spacial score (nSPS) is 11.0. The number of aromatic nitrogens is 3. The maximum Gasteiger partial charge on any atom is 0.258 e. The SMILES string of the molecule is Cc1ccc2c(NNc3ccc(Cl)cc3)nccc2c1NC(=O)c1csc2c(N)ncnc12. The molecule has 3 heterocycles. The van der Waals surface area contributed by atoms with Crippen LogP contribution in [-0.2, 0) is 0 Å². The minimum absolute atomic E-state index is 0.263. The summed E-state index contributed by atoms with van der Waals surface area (Å²) in [5.41, 5.74) is 15.6. The summed E-state index contributed by atoms with van der Waals surface area (Å²) in [6.07, 6.45) is 3.05. The minimum Gasteiger partial charge on any atom is -0.382 e. The highest BCUT2D eigenvalue weighted by molar-refractivity contribution is 7.18. The number of hydrogen-bond acceptors (Lipinski definition) is 8. The van der Waals surface area contributed by atoms with Crippen molar-refractivity contribution in [2.75, 3.05) is 21.9 Å². The van der Waals surface area contributed by atoms with Crippen LogP contribution in [0.3, 0.4) is 0 Å². The summed E-state index contributed by atoms with van der Waals surface area (Å²) in [5.74, 6) is 0.723. The number of nitrogens with two attached hydrogens (primary N) is 1. The van der Waals surface area contributed by atoms with Crippen LogP contribution in [0, 0.1) is 6.92 Å². The highest BCUT2D eigenvalue weighted by Gasteiger charge is 2.18. The molecule has 3 aromatic heterocycles. The zero-order valence-corrected chi connectivity index (χ0v) is 19.0. The molecule has 8 nitrogen and oxygen atoms in total. The van der Waals surface area contributed by atoms with Gasteiger partial charge in [-0.25, -0.2) is 15.0 Å². The highest BCUT2D eigenvalue weighted by Crippen LogP contribution is 2.33. The van der Waals surface area contributed by atoms with Crippen LogP contribution in [0.2, 0.25) is 5.02 Å². The Hall–Kier alpha value is -3.95. The molecule has 0 saturated carbocycles. The molecule has 5 N–H and O–H groups in total. The van der Waals surface area contributed by atoms with Gasteiger partial charge in [0.15, 0.2) is 5.82 Å². The Morgan fingerprint density at radius 2 is 1.82 bits per heavy atom. The van der Waals surface area contributed by atoms with E-state index in [1.165, 1.54) is 17.7 Å². The van der Waals surface area contributed by atoms with E-state index < -0.39 is 0 Å². The Bertz CT molecular complexity index is 1500. The van der Waals surface area contributed by atoms with Crippen molar-refractivity contribution in [2.45, 2.75) is 6.92 Å². The first-order chi connectivity index (χ1) is 16.0. The Balaban J connectivity index is 1.47. The van der Waals surface area contributed by atoms with Gasteiger partial charge in [0.05, 0.1) is 27.2 Å². The van der Waals surface area contributed by atoms with Crippen molar-refractivity contribution in [1.29, 1.82) is 0 Å². The molecule has 0 spiro atoms. The van der Waals surface area contributed by atoms with Gasteiger partial charge in [0.1, 0.15) is 12.1 Å². The van der Waals surface area contributed by atoms with Crippen LogP contribution >= 0.6 is 22.9 Å². The predicted octanol–water partition coefficient (Wildman–Crippen LogP) is 5.47. The lowest BCUT2D eigenvalue weighted by Crippen LogP contribution is -2.14. The molecule has 0 atom stereocenters. The third-order valence-corrected chi connectivity index (χ3v) is 6.43. The van der Waals surface area contributed by atoms with Crippen LogP contribution in [0.4, 0.5) is 23.0 Å². The topological polar surface area (TPSA) is 118 Å². The van der Waals surface area contributed by atoms with Crippen LogP contribution in [0.15, 0.2) is 60.4 Å². The van der Waals surface area contributed by atoms with E-state index in [1.54, 1.807) is 23.7 Å². The summed E-state index contributed by atoms with van der Waals surface area (Å²) >= 11 is 7.30. The number of pyridine rings is 1. The molecule has 1 amide bonds. The number of hydrazine groups is 1. The Morgan fingerprint density at radius 1 is 1.00 bits per heavy atom. The Morgan fingerprint density at radius 3 is 2.64 bits per heavy atom. The number of hydrogen-bond donors (Lipinski definition) is 4. The molecule has 0 aliphatic rings. The second-order valence-electron chi connectivity index (χ2n) is 7.31. The molecule has 5 aromatic rings. The van der Waals surface area contributed by atoms with Gasteiger partial charge in [-0.2, -0.15) is 0 Å². The third kappa shape index (κ3) is 3.99. The minimum atomic E-state index is -0.263. The molecule has 164 valence electrons. The van der Waals surface area contributed by atoms with E-state index in [9.17, 15) is 4.79 Å². The number of nitrogens with zero attached hydrogens (tertiary/aromatic N) is 3. The summed E-state index contributed by atoms with van der Waals surface area (Å²) in [4.78, 5) is 25.8. The van der Waals surface area contributed by atoms with Crippen LogP contribution < -0.4 is 21.9 Å². The van der Waals surface area contributed by atoms with E-state index in [0.717, 1.165) is 22.0 Å². The van der Waals surface area contributed by atoms with Crippen LogP contribution in [0.5, 0.6) is 0 Å². The first kappa shape index (κ1) is 20.9. The lowest BCUT2D eigenvalue weighted by atomic mass is 10.1. The molecule has 0 bridgehead atoms. The highest BCUT2D eigenvalue weighted by atomic mass is 35.5. The molecule has 0 saturated heterocycles. The van der Waals surface area contributed by atoms with Crippen molar-refractivity contribution in [2.24, 2.45) is 0 Å². The number of benzene rings is 2. The van der Waals surface area contributed by atoms with Gasteiger partial charge >= 0.3 is 0 Å². The third-order valence-electron chi connectivity index (χ3n) is 5.19.